The number of anilines is 2. The number of amides is 2. The molecule has 2 amide bonds. The summed E-state index contributed by atoms with van der Waals surface area (Å²) >= 11 is 0. The third-order valence-electron chi connectivity index (χ3n) is 3.72. The molecule has 28 heavy (non-hydrogen) atoms. The molecular weight excluding hydrogens is 356 g/mol. The average Bonchev–Trinajstić information content (AvgIpc) is 3.16. The van der Waals surface area contributed by atoms with Crippen LogP contribution in [0.4, 0.5) is 16.2 Å². The minimum Gasteiger partial charge on any atom is -0.444 e. The van der Waals surface area contributed by atoms with Gasteiger partial charge in [0.15, 0.2) is 0 Å². The first-order valence-corrected chi connectivity index (χ1v) is 8.80. The predicted molar refractivity (Wildman–Crippen MR) is 108 cm³/mol. The van der Waals surface area contributed by atoms with E-state index in [1.807, 2.05) is 35.0 Å². The summed E-state index contributed by atoms with van der Waals surface area (Å²) in [5.74, 6) is -0.237. The lowest BCUT2D eigenvalue weighted by Crippen LogP contribution is -2.27. The molecule has 0 atom stereocenters. The first-order valence-electron chi connectivity index (χ1n) is 8.80. The van der Waals surface area contributed by atoms with Gasteiger partial charge in [0.2, 0.25) is 0 Å². The summed E-state index contributed by atoms with van der Waals surface area (Å²) in [5.41, 5.74) is 2.10. The second-order valence-corrected chi connectivity index (χ2v) is 7.18. The van der Waals surface area contributed by atoms with Crippen molar-refractivity contribution in [1.29, 1.82) is 0 Å². The lowest BCUT2D eigenvalue weighted by molar-refractivity contribution is 0.0636. The van der Waals surface area contributed by atoms with Gasteiger partial charge in [0.05, 0.1) is 6.33 Å². The smallest absolute Gasteiger partial charge is 0.412 e. The van der Waals surface area contributed by atoms with Crippen LogP contribution in [0.1, 0.15) is 31.1 Å². The fraction of sp³-hybridized carbons (Fsp3) is 0.190. The van der Waals surface area contributed by atoms with E-state index in [2.05, 4.69) is 15.6 Å². The molecule has 0 saturated carbocycles. The maximum Gasteiger partial charge on any atom is 0.412 e. The highest BCUT2D eigenvalue weighted by Crippen LogP contribution is 2.16. The van der Waals surface area contributed by atoms with Crippen molar-refractivity contribution < 1.29 is 14.3 Å². The maximum absolute atomic E-state index is 12.4. The minimum absolute atomic E-state index is 0.237. The summed E-state index contributed by atoms with van der Waals surface area (Å²) in [5, 5.41) is 5.48. The van der Waals surface area contributed by atoms with E-state index in [9.17, 15) is 9.59 Å². The summed E-state index contributed by atoms with van der Waals surface area (Å²) in [7, 11) is 0. The highest BCUT2D eigenvalue weighted by Gasteiger charge is 2.16. The Labute approximate surface area is 163 Å². The molecule has 7 heteroatoms. The molecule has 0 saturated heterocycles. The van der Waals surface area contributed by atoms with Gasteiger partial charge in [-0.2, -0.15) is 0 Å². The molecule has 3 rings (SSSR count). The number of imidazole rings is 1. The first-order chi connectivity index (χ1) is 13.3. The third-order valence-corrected chi connectivity index (χ3v) is 3.72. The Kier molecular flexibility index (Phi) is 5.44. The zero-order chi connectivity index (χ0) is 20.1. The number of carbonyl (C=O) groups excluding carboxylic acids is 2. The van der Waals surface area contributed by atoms with Gasteiger partial charge in [-0.3, -0.25) is 10.1 Å². The van der Waals surface area contributed by atoms with Crippen molar-refractivity contribution in [2.75, 3.05) is 10.6 Å². The highest BCUT2D eigenvalue weighted by molar-refractivity contribution is 6.04. The highest BCUT2D eigenvalue weighted by atomic mass is 16.6. The second kappa shape index (κ2) is 7.96. The molecule has 0 fully saturated rings. The van der Waals surface area contributed by atoms with Crippen molar-refractivity contribution in [1.82, 2.24) is 9.55 Å². The van der Waals surface area contributed by atoms with Crippen molar-refractivity contribution >= 4 is 23.4 Å². The van der Waals surface area contributed by atoms with Crippen LogP contribution in [0, 0.1) is 0 Å². The monoisotopic (exact) mass is 378 g/mol. The average molecular weight is 378 g/mol. The Morgan fingerprint density at radius 1 is 0.929 bits per heavy atom. The van der Waals surface area contributed by atoms with Crippen LogP contribution in [0.2, 0.25) is 0 Å². The summed E-state index contributed by atoms with van der Waals surface area (Å²) in [4.78, 5) is 28.2. The van der Waals surface area contributed by atoms with Crippen molar-refractivity contribution in [2.45, 2.75) is 26.4 Å². The van der Waals surface area contributed by atoms with Crippen LogP contribution in [0.25, 0.3) is 5.69 Å². The van der Waals surface area contributed by atoms with E-state index >= 15 is 0 Å². The molecule has 7 nitrogen and oxygen atoms in total. The van der Waals surface area contributed by atoms with Gasteiger partial charge in [0.25, 0.3) is 5.91 Å². The van der Waals surface area contributed by atoms with Gasteiger partial charge >= 0.3 is 6.09 Å². The SMILES string of the molecule is CC(C)(C)OC(=O)Nc1ccc(C(=O)Nc2ccc(-n3ccnc3)cc2)cc1. The minimum atomic E-state index is -0.572. The second-order valence-electron chi connectivity index (χ2n) is 7.18. The normalized spacial score (nSPS) is 11.0. The van der Waals surface area contributed by atoms with Gasteiger partial charge in [0, 0.05) is 35.0 Å². The quantitative estimate of drug-likeness (QED) is 0.701. The predicted octanol–water partition coefficient (Wildman–Crippen LogP) is 4.47. The number of nitrogens with zero attached hydrogens (tertiary/aromatic N) is 2. The third kappa shape index (κ3) is 5.20. The van der Waals surface area contributed by atoms with E-state index in [1.165, 1.54) is 0 Å². The van der Waals surface area contributed by atoms with E-state index in [0.717, 1.165) is 5.69 Å². The molecule has 0 aliphatic rings. The fourth-order valence-corrected chi connectivity index (χ4v) is 2.46. The molecule has 1 heterocycles. The van der Waals surface area contributed by atoms with Gasteiger partial charge in [-0.1, -0.05) is 0 Å². The van der Waals surface area contributed by atoms with E-state index in [1.54, 1.807) is 57.6 Å². The molecule has 144 valence electrons. The molecule has 0 aliphatic heterocycles. The molecule has 2 N–H and O–H groups in total. The number of aromatic nitrogens is 2. The van der Waals surface area contributed by atoms with E-state index in [0.29, 0.717) is 16.9 Å². The van der Waals surface area contributed by atoms with Crippen LogP contribution in [-0.4, -0.2) is 27.2 Å². The van der Waals surface area contributed by atoms with Gasteiger partial charge in [-0.05, 0) is 69.3 Å². The number of ether oxygens (including phenoxy) is 1. The Morgan fingerprint density at radius 3 is 2.11 bits per heavy atom. The molecule has 0 spiro atoms. The van der Waals surface area contributed by atoms with Crippen molar-refractivity contribution in [2.24, 2.45) is 0 Å². The summed E-state index contributed by atoms with van der Waals surface area (Å²) in [6, 6.07) is 14.0. The number of nitrogens with one attached hydrogen (secondary N) is 2. The lowest BCUT2D eigenvalue weighted by atomic mass is 10.2. The van der Waals surface area contributed by atoms with Crippen molar-refractivity contribution in [3.63, 3.8) is 0 Å². The lowest BCUT2D eigenvalue weighted by Gasteiger charge is -2.19. The van der Waals surface area contributed by atoms with Crippen molar-refractivity contribution in [3.05, 3.63) is 72.8 Å². The molecule has 0 aliphatic carbocycles. The number of carbonyl (C=O) groups is 2. The Morgan fingerprint density at radius 2 is 1.54 bits per heavy atom. The van der Waals surface area contributed by atoms with Crippen molar-refractivity contribution in [3.8, 4) is 5.69 Å². The van der Waals surface area contributed by atoms with Crippen LogP contribution in [0.5, 0.6) is 0 Å². The summed E-state index contributed by atoms with van der Waals surface area (Å²) < 4.78 is 7.08. The van der Waals surface area contributed by atoms with Gasteiger partial charge in [-0.25, -0.2) is 9.78 Å². The molecule has 0 bridgehead atoms. The Bertz CT molecular complexity index is 941. The van der Waals surface area contributed by atoms with Crippen LogP contribution < -0.4 is 10.6 Å². The topological polar surface area (TPSA) is 85.2 Å². The van der Waals surface area contributed by atoms with E-state index < -0.39 is 11.7 Å². The molecule has 1 aromatic heterocycles. The molecule has 2 aromatic carbocycles. The standard InChI is InChI=1S/C21H22N4O3/c1-21(2,3)28-20(27)24-17-6-4-15(5-7-17)19(26)23-16-8-10-18(11-9-16)25-13-12-22-14-25/h4-14H,1-3H3,(H,23,26)(H,24,27). The first kappa shape index (κ1) is 19.2. The van der Waals surface area contributed by atoms with Crippen LogP contribution in [0.3, 0.4) is 0 Å². The molecular formula is C21H22N4O3. The zero-order valence-electron chi connectivity index (χ0n) is 16.0. The molecule has 0 unspecified atom stereocenters. The fourth-order valence-electron chi connectivity index (χ4n) is 2.46. The number of benzene rings is 2. The number of hydrogen-bond acceptors (Lipinski definition) is 4. The van der Waals surface area contributed by atoms with Crippen LogP contribution >= 0.6 is 0 Å². The van der Waals surface area contributed by atoms with Gasteiger partial charge in [0.1, 0.15) is 5.60 Å². The molecule has 0 radical (unpaired) electrons. The van der Waals surface area contributed by atoms with E-state index in [4.69, 9.17) is 4.74 Å². The van der Waals surface area contributed by atoms with Gasteiger partial charge in [-0.15, -0.1) is 0 Å². The van der Waals surface area contributed by atoms with Crippen LogP contribution in [-0.2, 0) is 4.74 Å². The number of rotatable bonds is 4. The van der Waals surface area contributed by atoms with Gasteiger partial charge < -0.3 is 14.6 Å². The zero-order valence-corrected chi connectivity index (χ0v) is 16.0. The van der Waals surface area contributed by atoms with E-state index in [-0.39, 0.29) is 5.91 Å². The molecule has 3 aromatic rings. The largest absolute Gasteiger partial charge is 0.444 e. The summed E-state index contributed by atoms with van der Waals surface area (Å²) in [6.45, 7) is 5.38. The summed E-state index contributed by atoms with van der Waals surface area (Å²) in [6.07, 6.45) is 4.72. The Balaban J connectivity index is 1.59. The maximum atomic E-state index is 12.4. The van der Waals surface area contributed by atoms with Crippen LogP contribution in [0.15, 0.2) is 67.3 Å². The number of hydrogen-bond donors (Lipinski definition) is 2. The Hall–Kier alpha value is -3.61.